The molecule has 1 unspecified atom stereocenters. The van der Waals surface area contributed by atoms with Gasteiger partial charge in [-0.05, 0) is 48.1 Å². The maximum Gasteiger partial charge on any atom is 0.318 e. The van der Waals surface area contributed by atoms with Gasteiger partial charge in [0.15, 0.2) is 0 Å². The molecule has 0 saturated carbocycles. The molecule has 0 spiro atoms. The first-order valence-electron chi connectivity index (χ1n) is 9.63. The molecule has 2 aliphatic heterocycles. The van der Waals surface area contributed by atoms with Gasteiger partial charge in [-0.15, -0.1) is 0 Å². The van der Waals surface area contributed by atoms with Gasteiger partial charge in [0.1, 0.15) is 5.75 Å². The average molecular weight is 366 g/mol. The molecule has 1 saturated heterocycles. The van der Waals surface area contributed by atoms with E-state index in [1.165, 1.54) is 11.1 Å². The standard InChI is InChI=1S/C22H26N2O3/c1-26-19-7-8-20-17(15-19)9-12-24(21(20)16-5-3-2-4-6-16)22(25)23-18-10-13-27-14-11-18/h2-8,15,18,21H,9-14H2,1H3,(H,23,25). The highest BCUT2D eigenvalue weighted by molar-refractivity contribution is 5.76. The Hall–Kier alpha value is -2.53. The lowest BCUT2D eigenvalue weighted by Gasteiger charge is -2.39. The molecule has 2 heterocycles. The molecular formula is C22H26N2O3. The van der Waals surface area contributed by atoms with Crippen LogP contribution < -0.4 is 10.1 Å². The van der Waals surface area contributed by atoms with E-state index in [0.29, 0.717) is 6.54 Å². The number of urea groups is 1. The van der Waals surface area contributed by atoms with Gasteiger partial charge in [0.2, 0.25) is 0 Å². The van der Waals surface area contributed by atoms with Gasteiger partial charge in [0.05, 0.1) is 13.2 Å². The summed E-state index contributed by atoms with van der Waals surface area (Å²) in [6, 6.07) is 16.6. The van der Waals surface area contributed by atoms with E-state index >= 15 is 0 Å². The lowest BCUT2D eigenvalue weighted by atomic mass is 9.88. The van der Waals surface area contributed by atoms with E-state index in [9.17, 15) is 4.79 Å². The summed E-state index contributed by atoms with van der Waals surface area (Å²) in [7, 11) is 1.69. The first-order valence-corrected chi connectivity index (χ1v) is 9.63. The molecule has 5 heteroatoms. The Bertz CT molecular complexity index is 787. The van der Waals surface area contributed by atoms with Crippen LogP contribution >= 0.6 is 0 Å². The van der Waals surface area contributed by atoms with Gasteiger partial charge in [-0.25, -0.2) is 4.79 Å². The van der Waals surface area contributed by atoms with Crippen LogP contribution in [0.3, 0.4) is 0 Å². The molecule has 2 aliphatic rings. The van der Waals surface area contributed by atoms with Crippen molar-refractivity contribution in [1.29, 1.82) is 0 Å². The Kier molecular flexibility index (Phi) is 5.30. The molecule has 0 aliphatic carbocycles. The number of nitrogens with one attached hydrogen (secondary N) is 1. The largest absolute Gasteiger partial charge is 0.497 e. The third kappa shape index (κ3) is 3.78. The molecule has 4 rings (SSSR count). The van der Waals surface area contributed by atoms with Gasteiger partial charge >= 0.3 is 6.03 Å². The van der Waals surface area contributed by atoms with Crippen LogP contribution in [0.5, 0.6) is 5.75 Å². The number of hydrogen-bond acceptors (Lipinski definition) is 3. The lowest BCUT2D eigenvalue weighted by molar-refractivity contribution is 0.0772. The fourth-order valence-corrected chi connectivity index (χ4v) is 4.04. The van der Waals surface area contributed by atoms with Crippen LogP contribution in [0, 0.1) is 0 Å². The van der Waals surface area contributed by atoms with E-state index in [0.717, 1.165) is 43.8 Å². The van der Waals surface area contributed by atoms with Gasteiger partial charge in [-0.3, -0.25) is 0 Å². The van der Waals surface area contributed by atoms with Gasteiger partial charge in [-0.1, -0.05) is 36.4 Å². The van der Waals surface area contributed by atoms with Crippen LogP contribution in [0.15, 0.2) is 48.5 Å². The van der Waals surface area contributed by atoms with Crippen molar-refractivity contribution in [3.8, 4) is 5.75 Å². The minimum atomic E-state index is -0.0827. The molecule has 1 fully saturated rings. The number of nitrogens with zero attached hydrogens (tertiary/aromatic N) is 1. The van der Waals surface area contributed by atoms with Crippen LogP contribution in [-0.4, -0.2) is 43.8 Å². The van der Waals surface area contributed by atoms with Gasteiger partial charge < -0.3 is 19.7 Å². The Morgan fingerprint density at radius 2 is 1.93 bits per heavy atom. The molecule has 1 atom stereocenters. The molecule has 142 valence electrons. The third-order valence-corrected chi connectivity index (χ3v) is 5.50. The number of rotatable bonds is 3. The number of carbonyl (C=O) groups is 1. The smallest absolute Gasteiger partial charge is 0.318 e. The van der Waals surface area contributed by atoms with Crippen LogP contribution in [-0.2, 0) is 11.2 Å². The minimum Gasteiger partial charge on any atom is -0.497 e. The average Bonchev–Trinajstić information content (AvgIpc) is 2.73. The summed E-state index contributed by atoms with van der Waals surface area (Å²) in [5.41, 5.74) is 3.56. The summed E-state index contributed by atoms with van der Waals surface area (Å²) in [5.74, 6) is 0.862. The Labute approximate surface area is 160 Å². The summed E-state index contributed by atoms with van der Waals surface area (Å²) in [6.45, 7) is 2.13. The van der Waals surface area contributed by atoms with Crippen molar-refractivity contribution < 1.29 is 14.3 Å². The van der Waals surface area contributed by atoms with Crippen LogP contribution in [0.25, 0.3) is 0 Å². The van der Waals surface area contributed by atoms with Crippen molar-refractivity contribution >= 4 is 6.03 Å². The van der Waals surface area contributed by atoms with Crippen LogP contribution in [0.1, 0.15) is 35.6 Å². The fraction of sp³-hybridized carbons (Fsp3) is 0.409. The van der Waals surface area contributed by atoms with Gasteiger partial charge in [0.25, 0.3) is 0 Å². The van der Waals surface area contributed by atoms with Crippen LogP contribution in [0.4, 0.5) is 4.79 Å². The number of methoxy groups -OCH3 is 1. The fourth-order valence-electron chi connectivity index (χ4n) is 4.04. The normalized spacial score (nSPS) is 20.0. The zero-order chi connectivity index (χ0) is 18.6. The Balaban J connectivity index is 1.64. The summed E-state index contributed by atoms with van der Waals surface area (Å²) >= 11 is 0. The molecule has 2 aromatic carbocycles. The molecule has 0 aromatic heterocycles. The highest BCUT2D eigenvalue weighted by Gasteiger charge is 2.33. The van der Waals surface area contributed by atoms with E-state index in [1.54, 1.807) is 7.11 Å². The molecule has 5 nitrogen and oxygen atoms in total. The van der Waals surface area contributed by atoms with Gasteiger partial charge in [0, 0.05) is 25.8 Å². The maximum absolute atomic E-state index is 13.1. The number of hydrogen-bond donors (Lipinski definition) is 1. The zero-order valence-corrected chi connectivity index (χ0v) is 15.7. The second-order valence-electron chi connectivity index (χ2n) is 7.16. The monoisotopic (exact) mass is 366 g/mol. The lowest BCUT2D eigenvalue weighted by Crippen LogP contribution is -2.50. The van der Waals surface area contributed by atoms with E-state index < -0.39 is 0 Å². The molecule has 2 aromatic rings. The molecule has 27 heavy (non-hydrogen) atoms. The number of ether oxygens (including phenoxy) is 2. The third-order valence-electron chi connectivity index (χ3n) is 5.50. The highest BCUT2D eigenvalue weighted by atomic mass is 16.5. The Morgan fingerprint density at radius 3 is 2.67 bits per heavy atom. The number of fused-ring (bicyclic) bond motifs is 1. The maximum atomic E-state index is 13.1. The molecule has 0 radical (unpaired) electrons. The topological polar surface area (TPSA) is 50.8 Å². The first kappa shape index (κ1) is 17.9. The summed E-state index contributed by atoms with van der Waals surface area (Å²) in [5, 5.41) is 3.22. The Morgan fingerprint density at radius 1 is 1.15 bits per heavy atom. The van der Waals surface area contributed by atoms with Crippen molar-refractivity contribution in [1.82, 2.24) is 10.2 Å². The second-order valence-corrected chi connectivity index (χ2v) is 7.16. The SMILES string of the molecule is COc1ccc2c(c1)CCN(C(=O)NC1CCOCC1)C2c1ccccc1. The summed E-state index contributed by atoms with van der Waals surface area (Å²) in [6.07, 6.45) is 2.59. The predicted molar refractivity (Wildman–Crippen MR) is 104 cm³/mol. The zero-order valence-electron chi connectivity index (χ0n) is 15.7. The van der Waals surface area contributed by atoms with Crippen molar-refractivity contribution in [3.05, 3.63) is 65.2 Å². The van der Waals surface area contributed by atoms with Crippen molar-refractivity contribution in [2.75, 3.05) is 26.9 Å². The molecule has 2 amide bonds. The minimum absolute atomic E-state index is 0.0113. The van der Waals surface area contributed by atoms with Crippen LogP contribution in [0.2, 0.25) is 0 Å². The van der Waals surface area contributed by atoms with E-state index in [-0.39, 0.29) is 18.1 Å². The van der Waals surface area contributed by atoms with E-state index in [2.05, 4.69) is 29.6 Å². The molecule has 1 N–H and O–H groups in total. The van der Waals surface area contributed by atoms with E-state index in [1.807, 2.05) is 29.2 Å². The number of amides is 2. The van der Waals surface area contributed by atoms with Crippen molar-refractivity contribution in [2.45, 2.75) is 31.3 Å². The van der Waals surface area contributed by atoms with Crippen molar-refractivity contribution in [2.24, 2.45) is 0 Å². The van der Waals surface area contributed by atoms with Gasteiger partial charge in [-0.2, -0.15) is 0 Å². The first-order chi connectivity index (χ1) is 13.3. The molecular weight excluding hydrogens is 340 g/mol. The highest BCUT2D eigenvalue weighted by Crippen LogP contribution is 2.36. The predicted octanol–water partition coefficient (Wildman–Crippen LogP) is 3.53. The second kappa shape index (κ2) is 8.01. The summed E-state index contributed by atoms with van der Waals surface area (Å²) in [4.78, 5) is 15.1. The quantitative estimate of drug-likeness (QED) is 0.904. The van der Waals surface area contributed by atoms with Crippen molar-refractivity contribution in [3.63, 3.8) is 0 Å². The number of benzene rings is 2. The molecule has 0 bridgehead atoms. The number of carbonyl (C=O) groups excluding carboxylic acids is 1. The van der Waals surface area contributed by atoms with E-state index in [4.69, 9.17) is 9.47 Å². The summed E-state index contributed by atoms with van der Waals surface area (Å²) < 4.78 is 10.8.